The van der Waals surface area contributed by atoms with Gasteiger partial charge in [-0.2, -0.15) is 0 Å². The van der Waals surface area contributed by atoms with Crippen molar-refractivity contribution in [1.29, 1.82) is 0 Å². The number of methoxy groups -OCH3 is 1. The van der Waals surface area contributed by atoms with Gasteiger partial charge in [0, 0.05) is 25.3 Å². The number of hydrogen-bond donors (Lipinski definition) is 2. The van der Waals surface area contributed by atoms with Crippen molar-refractivity contribution >= 4 is 12.0 Å². The van der Waals surface area contributed by atoms with Gasteiger partial charge < -0.3 is 25.0 Å². The summed E-state index contributed by atoms with van der Waals surface area (Å²) in [5.74, 6) is 0.241. The molecule has 0 aromatic heterocycles. The molecule has 2 heterocycles. The van der Waals surface area contributed by atoms with E-state index in [1.807, 2.05) is 24.3 Å². The molecule has 1 fully saturated rings. The van der Waals surface area contributed by atoms with E-state index in [1.165, 1.54) is 0 Å². The second-order valence-electron chi connectivity index (χ2n) is 7.35. The lowest BCUT2D eigenvalue weighted by Crippen LogP contribution is -2.48. The van der Waals surface area contributed by atoms with E-state index < -0.39 is 12.0 Å². The molecule has 1 aromatic carbocycles. The van der Waals surface area contributed by atoms with Crippen LogP contribution < -0.4 is 15.4 Å². The fraction of sp³-hybridized carbons (Fsp3) is 0.524. The van der Waals surface area contributed by atoms with Crippen molar-refractivity contribution in [2.24, 2.45) is 0 Å². The lowest BCUT2D eigenvalue weighted by molar-refractivity contribution is -0.139. The van der Waals surface area contributed by atoms with Crippen LogP contribution in [-0.2, 0) is 9.53 Å². The number of amides is 2. The number of esters is 1. The van der Waals surface area contributed by atoms with Crippen LogP contribution in [0, 0.1) is 0 Å². The normalized spacial score (nSPS) is 21.2. The summed E-state index contributed by atoms with van der Waals surface area (Å²) >= 11 is 0. The zero-order valence-electron chi connectivity index (χ0n) is 17.4. The molecule has 2 N–H and O–H groups in total. The highest BCUT2D eigenvalue weighted by Gasteiger charge is 2.34. The Kier molecular flexibility index (Phi) is 7.11. The minimum absolute atomic E-state index is 0.267. The molecule has 0 radical (unpaired) electrons. The third-order valence-electron chi connectivity index (χ3n) is 5.27. The molecule has 1 aromatic rings. The van der Waals surface area contributed by atoms with E-state index in [-0.39, 0.29) is 12.6 Å². The first-order valence-electron chi connectivity index (χ1n) is 10.0. The van der Waals surface area contributed by atoms with E-state index in [4.69, 9.17) is 9.47 Å². The summed E-state index contributed by atoms with van der Waals surface area (Å²) in [6.07, 6.45) is 1.05. The van der Waals surface area contributed by atoms with Gasteiger partial charge in [-0.25, -0.2) is 9.59 Å². The van der Waals surface area contributed by atoms with Crippen LogP contribution in [0.3, 0.4) is 0 Å². The summed E-state index contributed by atoms with van der Waals surface area (Å²) in [6, 6.07) is 6.45. The van der Waals surface area contributed by atoms with Gasteiger partial charge in [0.15, 0.2) is 0 Å². The van der Waals surface area contributed by atoms with Crippen LogP contribution in [0.2, 0.25) is 0 Å². The van der Waals surface area contributed by atoms with E-state index in [0.717, 1.165) is 38.2 Å². The molecule has 29 heavy (non-hydrogen) atoms. The number of benzene rings is 1. The Morgan fingerprint density at radius 2 is 2.07 bits per heavy atom. The summed E-state index contributed by atoms with van der Waals surface area (Å²) in [5.41, 5.74) is 1.82. The minimum Gasteiger partial charge on any atom is -0.497 e. The van der Waals surface area contributed by atoms with E-state index in [9.17, 15) is 9.59 Å². The first-order valence-corrected chi connectivity index (χ1v) is 10.0. The number of nitrogens with zero attached hydrogens (tertiary/aromatic N) is 2. The van der Waals surface area contributed by atoms with Crippen molar-refractivity contribution in [3.05, 3.63) is 41.1 Å². The van der Waals surface area contributed by atoms with Crippen LogP contribution in [0.5, 0.6) is 5.75 Å². The van der Waals surface area contributed by atoms with Crippen LogP contribution in [0.4, 0.5) is 4.79 Å². The number of urea groups is 1. The third kappa shape index (κ3) is 5.27. The summed E-state index contributed by atoms with van der Waals surface area (Å²) < 4.78 is 10.7. The lowest BCUT2D eigenvalue weighted by atomic mass is 9.94. The Labute approximate surface area is 171 Å². The van der Waals surface area contributed by atoms with Crippen LogP contribution in [0.15, 0.2) is 35.5 Å². The van der Waals surface area contributed by atoms with Crippen LogP contribution >= 0.6 is 0 Å². The van der Waals surface area contributed by atoms with Crippen molar-refractivity contribution in [3.63, 3.8) is 0 Å². The van der Waals surface area contributed by atoms with Crippen LogP contribution in [0.1, 0.15) is 24.9 Å². The maximum atomic E-state index is 12.9. The molecule has 0 spiro atoms. The number of rotatable bonds is 6. The number of carbonyl (C=O) groups excluding carboxylic acids is 2. The van der Waals surface area contributed by atoms with E-state index in [1.54, 1.807) is 14.0 Å². The number of carbonyl (C=O) groups is 2. The molecule has 0 saturated carbocycles. The highest BCUT2D eigenvalue weighted by molar-refractivity contribution is 5.95. The minimum atomic E-state index is -0.595. The van der Waals surface area contributed by atoms with Crippen molar-refractivity contribution in [2.45, 2.75) is 19.4 Å². The van der Waals surface area contributed by atoms with Gasteiger partial charge in [0.2, 0.25) is 0 Å². The zero-order chi connectivity index (χ0) is 20.8. The van der Waals surface area contributed by atoms with Crippen molar-refractivity contribution in [2.75, 3.05) is 53.5 Å². The monoisotopic (exact) mass is 402 g/mol. The van der Waals surface area contributed by atoms with E-state index in [0.29, 0.717) is 23.6 Å². The first kappa shape index (κ1) is 21.1. The van der Waals surface area contributed by atoms with E-state index in [2.05, 4.69) is 27.5 Å². The molecular formula is C21H30N4O4. The van der Waals surface area contributed by atoms with Gasteiger partial charge in [-0.05, 0) is 51.2 Å². The largest absolute Gasteiger partial charge is 0.497 e. The molecule has 8 nitrogen and oxygen atoms in total. The van der Waals surface area contributed by atoms with Gasteiger partial charge in [0.05, 0.1) is 25.3 Å². The standard InChI is InChI=1S/C21H30N4O4/c1-4-29-20(26)18-17(14-25-10-6-9-24(2)11-12-25)22-21(27)23-19(18)15-7-5-8-16(13-15)28-3/h5,7-8,13,19H,4,6,9-12,14H2,1-3H3,(H2,22,23,27). The van der Waals surface area contributed by atoms with E-state index >= 15 is 0 Å². The molecule has 2 amide bonds. The third-order valence-corrected chi connectivity index (χ3v) is 5.27. The Hall–Kier alpha value is -2.58. The maximum Gasteiger partial charge on any atom is 0.338 e. The molecule has 8 heteroatoms. The molecule has 0 aliphatic carbocycles. The predicted molar refractivity (Wildman–Crippen MR) is 110 cm³/mol. The Bertz CT molecular complexity index is 780. The summed E-state index contributed by atoms with van der Waals surface area (Å²) in [7, 11) is 3.70. The van der Waals surface area contributed by atoms with Gasteiger partial charge in [-0.3, -0.25) is 4.90 Å². The molecule has 158 valence electrons. The second-order valence-corrected chi connectivity index (χ2v) is 7.35. The Morgan fingerprint density at radius 1 is 1.24 bits per heavy atom. The molecule has 1 atom stereocenters. The molecular weight excluding hydrogens is 372 g/mol. The molecule has 1 unspecified atom stereocenters. The molecule has 3 rings (SSSR count). The maximum absolute atomic E-state index is 12.9. The number of ether oxygens (including phenoxy) is 2. The Balaban J connectivity index is 1.96. The molecule has 0 bridgehead atoms. The molecule has 1 saturated heterocycles. The lowest BCUT2D eigenvalue weighted by Gasteiger charge is -2.32. The second kappa shape index (κ2) is 9.76. The van der Waals surface area contributed by atoms with Gasteiger partial charge in [-0.1, -0.05) is 12.1 Å². The molecule has 2 aliphatic heterocycles. The number of hydrogen-bond acceptors (Lipinski definition) is 6. The fourth-order valence-corrected chi connectivity index (χ4v) is 3.75. The number of nitrogens with one attached hydrogen (secondary N) is 2. The predicted octanol–water partition coefficient (Wildman–Crippen LogP) is 1.50. The highest BCUT2D eigenvalue weighted by Crippen LogP contribution is 2.30. The SMILES string of the molecule is CCOC(=O)C1=C(CN2CCCN(C)CC2)NC(=O)NC1c1cccc(OC)c1. The van der Waals surface area contributed by atoms with Crippen molar-refractivity contribution in [3.8, 4) is 5.75 Å². The summed E-state index contributed by atoms with van der Waals surface area (Å²) in [5, 5.41) is 5.72. The smallest absolute Gasteiger partial charge is 0.338 e. The van der Waals surface area contributed by atoms with Gasteiger partial charge in [0.25, 0.3) is 0 Å². The van der Waals surface area contributed by atoms with Gasteiger partial charge in [0.1, 0.15) is 5.75 Å². The van der Waals surface area contributed by atoms with Gasteiger partial charge in [-0.15, -0.1) is 0 Å². The first-order chi connectivity index (χ1) is 14.0. The summed E-state index contributed by atoms with van der Waals surface area (Å²) in [4.78, 5) is 29.9. The molecule has 2 aliphatic rings. The van der Waals surface area contributed by atoms with Gasteiger partial charge >= 0.3 is 12.0 Å². The average molecular weight is 402 g/mol. The summed E-state index contributed by atoms with van der Waals surface area (Å²) in [6.45, 7) is 6.32. The van der Waals surface area contributed by atoms with Crippen LogP contribution in [-0.4, -0.2) is 75.3 Å². The highest BCUT2D eigenvalue weighted by atomic mass is 16.5. The topological polar surface area (TPSA) is 83.1 Å². The fourth-order valence-electron chi connectivity index (χ4n) is 3.75. The van der Waals surface area contributed by atoms with Crippen molar-refractivity contribution in [1.82, 2.24) is 20.4 Å². The van der Waals surface area contributed by atoms with Crippen molar-refractivity contribution < 1.29 is 19.1 Å². The zero-order valence-corrected chi connectivity index (χ0v) is 17.4. The quantitative estimate of drug-likeness (QED) is 0.702. The number of likely N-dealkylation sites (N-methyl/N-ethyl adjacent to an activating group) is 1. The average Bonchev–Trinajstić information content (AvgIpc) is 2.91. The van der Waals surface area contributed by atoms with Crippen LogP contribution in [0.25, 0.3) is 0 Å². The Morgan fingerprint density at radius 3 is 2.83 bits per heavy atom.